The van der Waals surface area contributed by atoms with Crippen LogP contribution in [0.25, 0.3) is 0 Å². The van der Waals surface area contributed by atoms with E-state index in [2.05, 4.69) is 5.32 Å². The lowest BCUT2D eigenvalue weighted by atomic mass is 10.1. The van der Waals surface area contributed by atoms with Gasteiger partial charge in [0.25, 0.3) is 5.91 Å². The molecule has 0 heterocycles. The highest BCUT2D eigenvalue weighted by Crippen LogP contribution is 2.17. The molecule has 0 aromatic heterocycles. The molecule has 1 amide bonds. The van der Waals surface area contributed by atoms with Gasteiger partial charge in [-0.25, -0.2) is 4.39 Å². The number of carbonyl (C=O) groups is 2. The van der Waals surface area contributed by atoms with Crippen LogP contribution in [0.15, 0.2) is 42.5 Å². The Kier molecular flexibility index (Phi) is 6.07. The molecule has 2 aromatic rings. The van der Waals surface area contributed by atoms with Crippen molar-refractivity contribution >= 4 is 17.6 Å². The van der Waals surface area contributed by atoms with Gasteiger partial charge >= 0.3 is 5.97 Å². The van der Waals surface area contributed by atoms with E-state index in [1.807, 2.05) is 26.0 Å². The molecule has 0 aliphatic heterocycles. The molecule has 4 nitrogen and oxygen atoms in total. The quantitative estimate of drug-likeness (QED) is 0.825. The first-order chi connectivity index (χ1) is 11.5. The van der Waals surface area contributed by atoms with Gasteiger partial charge in [-0.3, -0.25) is 9.59 Å². The van der Waals surface area contributed by atoms with E-state index in [-0.39, 0.29) is 24.8 Å². The maximum Gasteiger partial charge on any atom is 0.306 e. The second kappa shape index (κ2) is 8.24. The Morgan fingerprint density at radius 3 is 2.50 bits per heavy atom. The van der Waals surface area contributed by atoms with Crippen molar-refractivity contribution in [2.75, 3.05) is 11.9 Å². The number of halogens is 1. The average Bonchev–Trinajstić information content (AvgIpc) is 2.56. The highest BCUT2D eigenvalue weighted by atomic mass is 19.1. The first-order valence-corrected chi connectivity index (χ1v) is 7.72. The van der Waals surface area contributed by atoms with Crippen LogP contribution in [-0.2, 0) is 20.7 Å². The summed E-state index contributed by atoms with van der Waals surface area (Å²) in [7, 11) is 0. The Bertz CT molecular complexity index is 726. The summed E-state index contributed by atoms with van der Waals surface area (Å²) in [4.78, 5) is 23.5. The largest absolute Gasteiger partial charge is 0.456 e. The molecular weight excluding hydrogens is 309 g/mol. The van der Waals surface area contributed by atoms with E-state index < -0.39 is 5.97 Å². The fourth-order valence-electron chi connectivity index (χ4n) is 2.19. The average molecular weight is 329 g/mol. The van der Waals surface area contributed by atoms with Crippen molar-refractivity contribution in [3.05, 3.63) is 65.0 Å². The number of hydrogen-bond donors (Lipinski definition) is 1. The molecule has 0 saturated carbocycles. The van der Waals surface area contributed by atoms with Gasteiger partial charge in [0, 0.05) is 12.1 Å². The molecule has 0 aliphatic carbocycles. The first kappa shape index (κ1) is 17.7. The molecule has 24 heavy (non-hydrogen) atoms. The molecule has 1 N–H and O–H groups in total. The smallest absolute Gasteiger partial charge is 0.306 e. The van der Waals surface area contributed by atoms with Crippen LogP contribution in [0, 0.1) is 19.7 Å². The maximum atomic E-state index is 12.8. The van der Waals surface area contributed by atoms with Crippen molar-refractivity contribution in [2.45, 2.75) is 26.7 Å². The fourth-order valence-corrected chi connectivity index (χ4v) is 2.19. The van der Waals surface area contributed by atoms with E-state index in [0.717, 1.165) is 16.7 Å². The maximum absolute atomic E-state index is 12.8. The first-order valence-electron chi connectivity index (χ1n) is 7.72. The summed E-state index contributed by atoms with van der Waals surface area (Å²) < 4.78 is 17.8. The zero-order valence-corrected chi connectivity index (χ0v) is 13.8. The van der Waals surface area contributed by atoms with E-state index in [1.54, 1.807) is 18.2 Å². The lowest BCUT2D eigenvalue weighted by Crippen LogP contribution is -2.21. The van der Waals surface area contributed by atoms with Crippen LogP contribution < -0.4 is 5.32 Å². The van der Waals surface area contributed by atoms with E-state index >= 15 is 0 Å². The van der Waals surface area contributed by atoms with Crippen LogP contribution in [-0.4, -0.2) is 18.5 Å². The normalized spacial score (nSPS) is 10.3. The van der Waals surface area contributed by atoms with Gasteiger partial charge in [-0.15, -0.1) is 0 Å². The third-order valence-corrected chi connectivity index (χ3v) is 3.77. The molecule has 0 saturated heterocycles. The van der Waals surface area contributed by atoms with Gasteiger partial charge in [0.15, 0.2) is 6.61 Å². The van der Waals surface area contributed by atoms with Crippen LogP contribution in [0.5, 0.6) is 0 Å². The Balaban J connectivity index is 1.75. The molecule has 0 fully saturated rings. The molecule has 5 heteroatoms. The van der Waals surface area contributed by atoms with Gasteiger partial charge in [0.05, 0.1) is 0 Å². The van der Waals surface area contributed by atoms with Crippen LogP contribution in [0.2, 0.25) is 0 Å². The minimum absolute atomic E-state index is 0.141. The second-order valence-corrected chi connectivity index (χ2v) is 5.58. The summed E-state index contributed by atoms with van der Waals surface area (Å²) in [6, 6.07) is 11.5. The van der Waals surface area contributed by atoms with E-state index in [4.69, 9.17) is 4.74 Å². The number of amides is 1. The van der Waals surface area contributed by atoms with Crippen molar-refractivity contribution in [2.24, 2.45) is 0 Å². The monoisotopic (exact) mass is 329 g/mol. The highest BCUT2D eigenvalue weighted by Gasteiger charge is 2.10. The predicted molar refractivity (Wildman–Crippen MR) is 90.2 cm³/mol. The molecule has 0 unspecified atom stereocenters. The molecule has 2 aromatic carbocycles. The lowest BCUT2D eigenvalue weighted by molar-refractivity contribution is -0.147. The number of carbonyl (C=O) groups excluding carboxylic acids is 2. The zero-order valence-electron chi connectivity index (χ0n) is 13.8. The highest BCUT2D eigenvalue weighted by molar-refractivity contribution is 5.93. The van der Waals surface area contributed by atoms with Crippen LogP contribution in [0.3, 0.4) is 0 Å². The summed E-state index contributed by atoms with van der Waals surface area (Å²) in [6.07, 6.45) is 0.583. The second-order valence-electron chi connectivity index (χ2n) is 5.58. The zero-order chi connectivity index (χ0) is 17.5. The molecule has 0 bridgehead atoms. The van der Waals surface area contributed by atoms with Crippen LogP contribution in [0.4, 0.5) is 10.1 Å². The summed E-state index contributed by atoms with van der Waals surface area (Å²) in [5, 5.41) is 2.73. The number of hydrogen-bond acceptors (Lipinski definition) is 3. The standard InChI is InChI=1S/C19H20FNO3/c1-13-4-3-5-17(14(13)2)21-18(22)12-24-19(23)11-8-15-6-9-16(20)10-7-15/h3-7,9-10H,8,11-12H2,1-2H3,(H,21,22). The summed E-state index contributed by atoms with van der Waals surface area (Å²) >= 11 is 0. The van der Waals surface area contributed by atoms with Crippen molar-refractivity contribution < 1.29 is 18.7 Å². The lowest BCUT2D eigenvalue weighted by Gasteiger charge is -2.10. The van der Waals surface area contributed by atoms with Crippen LogP contribution in [0.1, 0.15) is 23.1 Å². The van der Waals surface area contributed by atoms with Crippen molar-refractivity contribution in [1.82, 2.24) is 0 Å². The minimum atomic E-state index is -0.463. The van der Waals surface area contributed by atoms with Crippen molar-refractivity contribution in [1.29, 1.82) is 0 Å². The summed E-state index contributed by atoms with van der Waals surface area (Å²) in [6.45, 7) is 3.55. The van der Waals surface area contributed by atoms with Gasteiger partial charge in [0.1, 0.15) is 5.82 Å². The topological polar surface area (TPSA) is 55.4 Å². The van der Waals surface area contributed by atoms with Gasteiger partial charge in [-0.1, -0.05) is 24.3 Å². The SMILES string of the molecule is Cc1cccc(NC(=O)COC(=O)CCc2ccc(F)cc2)c1C. The van der Waals surface area contributed by atoms with E-state index in [0.29, 0.717) is 12.1 Å². The number of aryl methyl sites for hydroxylation is 2. The summed E-state index contributed by atoms with van der Waals surface area (Å²) in [5.74, 6) is -1.15. The number of anilines is 1. The van der Waals surface area contributed by atoms with Gasteiger partial charge in [-0.2, -0.15) is 0 Å². The van der Waals surface area contributed by atoms with Crippen LogP contribution >= 0.6 is 0 Å². The molecule has 0 atom stereocenters. The Hall–Kier alpha value is -2.69. The number of rotatable bonds is 6. The third-order valence-electron chi connectivity index (χ3n) is 3.77. The molecule has 0 aliphatic rings. The Labute approximate surface area is 140 Å². The fraction of sp³-hybridized carbons (Fsp3) is 0.263. The van der Waals surface area contributed by atoms with E-state index in [1.165, 1.54) is 12.1 Å². The molecule has 2 rings (SSSR count). The predicted octanol–water partition coefficient (Wildman–Crippen LogP) is 3.56. The Morgan fingerprint density at radius 1 is 1.08 bits per heavy atom. The van der Waals surface area contributed by atoms with E-state index in [9.17, 15) is 14.0 Å². The van der Waals surface area contributed by atoms with Crippen molar-refractivity contribution in [3.8, 4) is 0 Å². The number of benzene rings is 2. The molecule has 0 radical (unpaired) electrons. The van der Waals surface area contributed by atoms with Gasteiger partial charge in [-0.05, 0) is 55.2 Å². The van der Waals surface area contributed by atoms with Gasteiger partial charge < -0.3 is 10.1 Å². The number of esters is 1. The number of ether oxygens (including phenoxy) is 1. The third kappa shape index (κ3) is 5.19. The molecule has 126 valence electrons. The molecule has 0 spiro atoms. The summed E-state index contributed by atoms with van der Waals surface area (Å²) in [5.41, 5.74) is 3.60. The van der Waals surface area contributed by atoms with Crippen molar-refractivity contribution in [3.63, 3.8) is 0 Å². The Morgan fingerprint density at radius 2 is 1.79 bits per heavy atom. The minimum Gasteiger partial charge on any atom is -0.456 e. The van der Waals surface area contributed by atoms with Gasteiger partial charge in [0.2, 0.25) is 0 Å². The number of nitrogens with one attached hydrogen (secondary N) is 1. The molecular formula is C19H20FNO3.